The van der Waals surface area contributed by atoms with Crippen LogP contribution >= 0.6 is 11.8 Å². The maximum Gasteiger partial charge on any atom is 0.338 e. The van der Waals surface area contributed by atoms with Crippen LogP contribution in [0.5, 0.6) is 0 Å². The van der Waals surface area contributed by atoms with Gasteiger partial charge >= 0.3 is 5.97 Å². The number of nitrogens with zero attached hydrogens (tertiary/aromatic N) is 3. The first-order valence-electron chi connectivity index (χ1n) is 12.2. The van der Waals surface area contributed by atoms with Crippen molar-refractivity contribution < 1.29 is 19.1 Å². The van der Waals surface area contributed by atoms with Crippen LogP contribution in [0.15, 0.2) is 76.3 Å². The number of esters is 1. The average Bonchev–Trinajstić information content (AvgIpc) is 3.31. The highest BCUT2D eigenvalue weighted by atomic mass is 32.2. The maximum absolute atomic E-state index is 13.5. The molecular weight excluding hydrogens is 474 g/mol. The summed E-state index contributed by atoms with van der Waals surface area (Å²) in [5.74, 6) is -0.355. The van der Waals surface area contributed by atoms with E-state index in [4.69, 9.17) is 14.5 Å². The Kier molecular flexibility index (Phi) is 7.25. The van der Waals surface area contributed by atoms with E-state index >= 15 is 0 Å². The van der Waals surface area contributed by atoms with E-state index in [1.165, 1.54) is 11.8 Å². The molecule has 3 aliphatic rings. The van der Waals surface area contributed by atoms with Crippen molar-refractivity contribution >= 4 is 34.5 Å². The molecule has 0 aliphatic carbocycles. The fourth-order valence-electron chi connectivity index (χ4n) is 4.72. The SMILES string of the molecule is CCOC(=O)C1=C(c2ccccc2)N=C2SC=C(CC(=O)N3CCOCC3)N2[C@H]1c1cccc(C)c1. The number of thioether (sulfide) groups is 1. The number of benzene rings is 2. The highest BCUT2D eigenvalue weighted by Crippen LogP contribution is 2.47. The second kappa shape index (κ2) is 10.7. The Labute approximate surface area is 215 Å². The van der Waals surface area contributed by atoms with Crippen LogP contribution < -0.4 is 0 Å². The summed E-state index contributed by atoms with van der Waals surface area (Å²) < 4.78 is 11.0. The highest BCUT2D eigenvalue weighted by Gasteiger charge is 2.42. The molecule has 186 valence electrons. The van der Waals surface area contributed by atoms with Gasteiger partial charge in [0.05, 0.1) is 43.6 Å². The first kappa shape index (κ1) is 24.3. The van der Waals surface area contributed by atoms with Gasteiger partial charge in [0.1, 0.15) is 0 Å². The summed E-state index contributed by atoms with van der Waals surface area (Å²) in [6.07, 6.45) is 0.227. The van der Waals surface area contributed by atoms with E-state index in [9.17, 15) is 9.59 Å². The molecule has 1 atom stereocenters. The van der Waals surface area contributed by atoms with E-state index in [2.05, 4.69) is 6.07 Å². The molecule has 0 unspecified atom stereocenters. The van der Waals surface area contributed by atoms with Crippen LogP contribution in [0.1, 0.15) is 36.1 Å². The third-order valence-electron chi connectivity index (χ3n) is 6.41. The number of carbonyl (C=O) groups excluding carboxylic acids is 2. The molecule has 2 aromatic carbocycles. The van der Waals surface area contributed by atoms with Crippen LogP contribution in [-0.4, -0.2) is 59.8 Å². The normalized spacial score (nSPS) is 19.6. The van der Waals surface area contributed by atoms with Crippen LogP contribution in [0, 0.1) is 6.92 Å². The topological polar surface area (TPSA) is 71.4 Å². The van der Waals surface area contributed by atoms with Gasteiger partial charge in [-0.05, 0) is 24.8 Å². The first-order chi connectivity index (χ1) is 17.6. The van der Waals surface area contributed by atoms with Crippen LogP contribution in [0.4, 0.5) is 0 Å². The Hall–Kier alpha value is -3.36. The molecule has 0 N–H and O–H groups in total. The zero-order valence-corrected chi connectivity index (χ0v) is 21.3. The quantitative estimate of drug-likeness (QED) is 0.540. The van der Waals surface area contributed by atoms with E-state index < -0.39 is 12.0 Å². The smallest absolute Gasteiger partial charge is 0.338 e. The van der Waals surface area contributed by atoms with Gasteiger partial charge in [0.25, 0.3) is 0 Å². The Morgan fingerprint density at radius 3 is 2.61 bits per heavy atom. The monoisotopic (exact) mass is 503 g/mol. The van der Waals surface area contributed by atoms with Crippen molar-refractivity contribution in [3.05, 3.63) is 88.0 Å². The van der Waals surface area contributed by atoms with Crippen molar-refractivity contribution in [2.75, 3.05) is 32.9 Å². The molecule has 2 aromatic rings. The van der Waals surface area contributed by atoms with Gasteiger partial charge in [0, 0.05) is 24.4 Å². The molecule has 0 aromatic heterocycles. The molecule has 3 heterocycles. The molecule has 0 bridgehead atoms. The van der Waals surface area contributed by atoms with E-state index in [1.54, 1.807) is 6.92 Å². The molecule has 5 rings (SSSR count). The number of fused-ring (bicyclic) bond motifs is 1. The lowest BCUT2D eigenvalue weighted by atomic mass is 9.90. The van der Waals surface area contributed by atoms with E-state index in [0.29, 0.717) is 37.6 Å². The molecule has 1 fully saturated rings. The number of morpholine rings is 1. The van der Waals surface area contributed by atoms with Crippen molar-refractivity contribution in [2.45, 2.75) is 26.3 Å². The minimum Gasteiger partial charge on any atom is -0.463 e. The number of amidine groups is 1. The van der Waals surface area contributed by atoms with Crippen molar-refractivity contribution in [2.24, 2.45) is 4.99 Å². The lowest BCUT2D eigenvalue weighted by Crippen LogP contribution is -2.42. The molecule has 3 aliphatic heterocycles. The van der Waals surface area contributed by atoms with Crippen LogP contribution in [-0.2, 0) is 19.1 Å². The molecule has 1 amide bonds. The molecule has 1 saturated heterocycles. The third kappa shape index (κ3) is 4.83. The van der Waals surface area contributed by atoms with Crippen molar-refractivity contribution in [1.29, 1.82) is 0 Å². The molecule has 8 heteroatoms. The zero-order chi connectivity index (χ0) is 25.1. The van der Waals surface area contributed by atoms with E-state index in [1.807, 2.05) is 70.7 Å². The minimum atomic E-state index is -0.467. The van der Waals surface area contributed by atoms with E-state index in [-0.39, 0.29) is 18.9 Å². The van der Waals surface area contributed by atoms with Gasteiger partial charge < -0.3 is 19.3 Å². The summed E-state index contributed by atoms with van der Waals surface area (Å²) >= 11 is 1.48. The van der Waals surface area contributed by atoms with Crippen molar-refractivity contribution in [1.82, 2.24) is 9.80 Å². The fourth-order valence-corrected chi connectivity index (χ4v) is 5.64. The summed E-state index contributed by atoms with van der Waals surface area (Å²) in [7, 11) is 0. The van der Waals surface area contributed by atoms with Crippen LogP contribution in [0.3, 0.4) is 0 Å². The van der Waals surface area contributed by atoms with Crippen LogP contribution in [0.25, 0.3) is 5.70 Å². The second-order valence-electron chi connectivity index (χ2n) is 8.83. The van der Waals surface area contributed by atoms with Gasteiger partial charge in [-0.3, -0.25) is 4.79 Å². The van der Waals surface area contributed by atoms with Gasteiger partial charge in [-0.1, -0.05) is 71.9 Å². The van der Waals surface area contributed by atoms with Crippen molar-refractivity contribution in [3.63, 3.8) is 0 Å². The standard InChI is InChI=1S/C28H29N3O4S/c1-3-35-27(33)24-25(20-9-5-4-6-10-20)29-28-31(26(24)21-11-7-8-19(2)16-21)22(18-36-28)17-23(32)30-12-14-34-15-13-30/h4-11,16,18,26H,3,12-15,17H2,1-2H3/t26-/m0/s1. The summed E-state index contributed by atoms with van der Waals surface area (Å²) in [4.78, 5) is 35.5. The molecule has 36 heavy (non-hydrogen) atoms. The molecular formula is C28H29N3O4S. The Morgan fingerprint density at radius 2 is 1.89 bits per heavy atom. The number of hydrogen-bond donors (Lipinski definition) is 0. The molecule has 0 saturated carbocycles. The van der Waals surface area contributed by atoms with Gasteiger partial charge in [-0.25, -0.2) is 9.79 Å². The first-order valence-corrected chi connectivity index (χ1v) is 13.1. The average molecular weight is 504 g/mol. The van der Waals surface area contributed by atoms with Crippen LogP contribution in [0.2, 0.25) is 0 Å². The number of aliphatic imine (C=N–C) groups is 1. The summed E-state index contributed by atoms with van der Waals surface area (Å²) in [6.45, 7) is 6.38. The number of rotatable bonds is 6. The van der Waals surface area contributed by atoms with Crippen molar-refractivity contribution in [3.8, 4) is 0 Å². The summed E-state index contributed by atoms with van der Waals surface area (Å²) in [5, 5.41) is 2.73. The minimum absolute atomic E-state index is 0.0462. The number of carbonyl (C=O) groups is 2. The fraction of sp³-hybridized carbons (Fsp3) is 0.321. The van der Waals surface area contributed by atoms with Gasteiger partial charge in [0.2, 0.25) is 5.91 Å². The number of hydrogen-bond acceptors (Lipinski definition) is 7. The predicted octanol–water partition coefficient (Wildman–Crippen LogP) is 4.52. The number of ether oxygens (including phenoxy) is 2. The summed E-state index contributed by atoms with van der Waals surface area (Å²) in [5.41, 5.74) is 4.80. The predicted molar refractivity (Wildman–Crippen MR) is 141 cm³/mol. The van der Waals surface area contributed by atoms with Gasteiger partial charge in [-0.2, -0.15) is 0 Å². The maximum atomic E-state index is 13.5. The Bertz CT molecular complexity index is 1250. The zero-order valence-electron chi connectivity index (χ0n) is 20.5. The Balaban J connectivity index is 1.60. The third-order valence-corrected chi connectivity index (χ3v) is 7.30. The summed E-state index contributed by atoms with van der Waals surface area (Å²) in [6, 6.07) is 17.4. The number of aryl methyl sites for hydroxylation is 1. The highest BCUT2D eigenvalue weighted by molar-refractivity contribution is 8.16. The second-order valence-corrected chi connectivity index (χ2v) is 9.66. The molecule has 7 nitrogen and oxygen atoms in total. The molecule has 0 spiro atoms. The Morgan fingerprint density at radius 1 is 1.11 bits per heavy atom. The largest absolute Gasteiger partial charge is 0.463 e. The molecule has 0 radical (unpaired) electrons. The van der Waals surface area contributed by atoms with Gasteiger partial charge in [-0.15, -0.1) is 0 Å². The van der Waals surface area contributed by atoms with Gasteiger partial charge in [0.15, 0.2) is 5.17 Å². The van der Waals surface area contributed by atoms with E-state index in [0.717, 1.165) is 27.6 Å². The lowest BCUT2D eigenvalue weighted by molar-refractivity contribution is -0.139. The number of amides is 1. The lowest BCUT2D eigenvalue weighted by Gasteiger charge is -2.37.